The lowest BCUT2D eigenvalue weighted by Crippen LogP contribution is -2.17. The summed E-state index contributed by atoms with van der Waals surface area (Å²) in [4.78, 5) is 22.0. The van der Waals surface area contributed by atoms with Crippen molar-refractivity contribution in [3.05, 3.63) is 27.9 Å². The molecule has 2 aromatic rings. The third-order valence-electron chi connectivity index (χ3n) is 2.90. The molecule has 8 heteroatoms. The van der Waals surface area contributed by atoms with Gasteiger partial charge in [-0.3, -0.25) is 4.79 Å². The monoisotopic (exact) mass is 353 g/mol. The molecule has 0 aliphatic carbocycles. The number of halogens is 1. The van der Waals surface area contributed by atoms with Crippen LogP contribution in [-0.4, -0.2) is 35.7 Å². The molecule has 7 nitrogen and oxygen atoms in total. The molecule has 108 valence electrons. The van der Waals surface area contributed by atoms with Crippen molar-refractivity contribution in [1.82, 2.24) is 5.16 Å². The van der Waals surface area contributed by atoms with Crippen molar-refractivity contribution >= 4 is 28.2 Å². The maximum atomic E-state index is 11.1. The number of nitrogens with zero attached hydrogens (tertiary/aromatic N) is 1. The zero-order valence-corrected chi connectivity index (χ0v) is 12.0. The van der Waals surface area contributed by atoms with Gasteiger partial charge >= 0.3 is 5.97 Å². The molecule has 1 aliphatic rings. The number of carboxylic acids is 1. The standard InChI is InChI=1S/C13H8BrNO6/c14-7-3-6(5-16)11-12(20-2-1-19-11)10(7)8-4-9(13(17)18)21-15-8/h3-5H,1-2H2,(H,17,18). The van der Waals surface area contributed by atoms with Crippen molar-refractivity contribution in [2.24, 2.45) is 0 Å². The summed E-state index contributed by atoms with van der Waals surface area (Å²) in [6.07, 6.45) is 0.660. The predicted molar refractivity (Wildman–Crippen MR) is 73.0 cm³/mol. The second kappa shape index (κ2) is 5.21. The van der Waals surface area contributed by atoms with Gasteiger partial charge in [0.1, 0.15) is 18.9 Å². The maximum Gasteiger partial charge on any atom is 0.374 e. The Morgan fingerprint density at radius 1 is 1.29 bits per heavy atom. The van der Waals surface area contributed by atoms with E-state index in [0.717, 1.165) is 0 Å². The van der Waals surface area contributed by atoms with E-state index in [1.165, 1.54) is 6.07 Å². The topological polar surface area (TPSA) is 98.9 Å². The summed E-state index contributed by atoms with van der Waals surface area (Å²) >= 11 is 3.33. The van der Waals surface area contributed by atoms with Gasteiger partial charge in [0, 0.05) is 10.5 Å². The van der Waals surface area contributed by atoms with Crippen molar-refractivity contribution in [3.8, 4) is 22.8 Å². The van der Waals surface area contributed by atoms with Crippen LogP contribution >= 0.6 is 15.9 Å². The Morgan fingerprint density at radius 2 is 2.00 bits per heavy atom. The summed E-state index contributed by atoms with van der Waals surface area (Å²) in [6.45, 7) is 0.645. The number of aldehydes is 1. The Bertz CT molecular complexity index is 739. The van der Waals surface area contributed by atoms with Gasteiger partial charge in [0.05, 0.1) is 11.1 Å². The average Bonchev–Trinajstić information content (AvgIpc) is 2.96. The van der Waals surface area contributed by atoms with Crippen LogP contribution in [-0.2, 0) is 0 Å². The van der Waals surface area contributed by atoms with Crippen LogP contribution in [0.2, 0.25) is 0 Å². The number of aromatic carboxylic acids is 1. The van der Waals surface area contributed by atoms with Crippen LogP contribution in [0, 0.1) is 0 Å². The van der Waals surface area contributed by atoms with Gasteiger partial charge < -0.3 is 19.1 Å². The molecule has 0 spiro atoms. The fraction of sp³-hybridized carbons (Fsp3) is 0.154. The minimum atomic E-state index is -1.22. The Kier molecular flexibility index (Phi) is 3.38. The molecule has 0 atom stereocenters. The second-order valence-electron chi connectivity index (χ2n) is 4.18. The Morgan fingerprint density at radius 3 is 2.62 bits per heavy atom. The van der Waals surface area contributed by atoms with Crippen LogP contribution in [0.15, 0.2) is 21.1 Å². The highest BCUT2D eigenvalue weighted by atomic mass is 79.9. The third-order valence-corrected chi connectivity index (χ3v) is 3.52. The highest BCUT2D eigenvalue weighted by molar-refractivity contribution is 9.10. The van der Waals surface area contributed by atoms with E-state index in [4.69, 9.17) is 19.1 Å². The molecule has 1 N–H and O–H groups in total. The molecule has 0 bridgehead atoms. The Balaban J connectivity index is 2.21. The van der Waals surface area contributed by atoms with Crippen molar-refractivity contribution in [2.45, 2.75) is 0 Å². The highest BCUT2D eigenvalue weighted by Crippen LogP contribution is 2.46. The molecule has 0 radical (unpaired) electrons. The second-order valence-corrected chi connectivity index (χ2v) is 5.03. The zero-order chi connectivity index (χ0) is 15.0. The molecule has 2 heterocycles. The van der Waals surface area contributed by atoms with Crippen molar-refractivity contribution in [2.75, 3.05) is 13.2 Å². The van der Waals surface area contributed by atoms with Crippen LogP contribution < -0.4 is 9.47 Å². The van der Waals surface area contributed by atoms with E-state index in [9.17, 15) is 9.59 Å². The molecule has 0 saturated heterocycles. The summed E-state index contributed by atoms with van der Waals surface area (Å²) in [7, 11) is 0. The summed E-state index contributed by atoms with van der Waals surface area (Å²) in [5, 5.41) is 12.6. The lowest BCUT2D eigenvalue weighted by Gasteiger charge is -2.22. The molecular formula is C13H8BrNO6. The van der Waals surface area contributed by atoms with E-state index in [1.54, 1.807) is 6.07 Å². The van der Waals surface area contributed by atoms with Gasteiger partial charge in [0.15, 0.2) is 17.8 Å². The maximum absolute atomic E-state index is 11.1. The van der Waals surface area contributed by atoms with Crippen LogP contribution in [0.1, 0.15) is 20.9 Å². The van der Waals surface area contributed by atoms with Gasteiger partial charge in [-0.05, 0) is 22.0 Å². The first kappa shape index (κ1) is 13.6. The molecule has 0 amide bonds. The number of rotatable bonds is 3. The van der Waals surface area contributed by atoms with Gasteiger partial charge in [0.25, 0.3) is 0 Å². The summed E-state index contributed by atoms with van der Waals surface area (Å²) in [5.74, 6) is -0.862. The minimum Gasteiger partial charge on any atom is -0.485 e. The van der Waals surface area contributed by atoms with Crippen LogP contribution in [0.25, 0.3) is 11.3 Å². The first-order valence-corrected chi connectivity index (χ1v) is 6.68. The number of aromatic nitrogens is 1. The Labute approximate surface area is 126 Å². The number of carbonyl (C=O) groups is 2. The molecule has 0 saturated carbocycles. The molecule has 3 rings (SSSR count). The number of fused-ring (bicyclic) bond motifs is 1. The predicted octanol–water partition coefficient (Wildman–Crippen LogP) is 2.39. The zero-order valence-electron chi connectivity index (χ0n) is 10.5. The van der Waals surface area contributed by atoms with Gasteiger partial charge in [-0.25, -0.2) is 4.79 Å². The van der Waals surface area contributed by atoms with E-state index in [0.29, 0.717) is 46.6 Å². The SMILES string of the molecule is O=Cc1cc(Br)c(-c2cc(C(=O)O)on2)c2c1OCCO2. The lowest BCUT2D eigenvalue weighted by atomic mass is 10.1. The van der Waals surface area contributed by atoms with E-state index >= 15 is 0 Å². The Hall–Kier alpha value is -2.35. The number of carboxylic acid groups (broad SMARTS) is 1. The first-order valence-electron chi connectivity index (χ1n) is 5.89. The van der Waals surface area contributed by atoms with E-state index < -0.39 is 5.97 Å². The quantitative estimate of drug-likeness (QED) is 0.845. The molecule has 1 aromatic heterocycles. The molecule has 1 aromatic carbocycles. The highest BCUT2D eigenvalue weighted by Gasteiger charge is 2.26. The number of ether oxygens (including phenoxy) is 2. The molecular weight excluding hydrogens is 346 g/mol. The van der Waals surface area contributed by atoms with Crippen molar-refractivity contribution < 1.29 is 28.7 Å². The number of benzene rings is 1. The fourth-order valence-corrected chi connectivity index (χ4v) is 2.65. The van der Waals surface area contributed by atoms with Gasteiger partial charge in [0.2, 0.25) is 5.76 Å². The molecule has 21 heavy (non-hydrogen) atoms. The van der Waals surface area contributed by atoms with E-state index in [1.807, 2.05) is 0 Å². The number of hydrogen-bond acceptors (Lipinski definition) is 6. The van der Waals surface area contributed by atoms with Crippen LogP contribution in [0.3, 0.4) is 0 Å². The molecule has 0 unspecified atom stereocenters. The largest absolute Gasteiger partial charge is 0.485 e. The first-order chi connectivity index (χ1) is 10.1. The number of hydrogen-bond donors (Lipinski definition) is 1. The van der Waals surface area contributed by atoms with E-state index in [-0.39, 0.29) is 11.5 Å². The van der Waals surface area contributed by atoms with Crippen molar-refractivity contribution in [3.63, 3.8) is 0 Å². The minimum absolute atomic E-state index is 0.276. The van der Waals surface area contributed by atoms with Crippen LogP contribution in [0.5, 0.6) is 11.5 Å². The third kappa shape index (κ3) is 2.27. The fourth-order valence-electron chi connectivity index (χ4n) is 2.02. The van der Waals surface area contributed by atoms with Gasteiger partial charge in [-0.2, -0.15) is 0 Å². The summed E-state index contributed by atoms with van der Waals surface area (Å²) < 4.78 is 16.3. The lowest BCUT2D eigenvalue weighted by molar-refractivity contribution is 0.0652. The average molecular weight is 354 g/mol. The van der Waals surface area contributed by atoms with Gasteiger partial charge in [-0.15, -0.1) is 0 Å². The van der Waals surface area contributed by atoms with Crippen molar-refractivity contribution in [1.29, 1.82) is 0 Å². The van der Waals surface area contributed by atoms with Gasteiger partial charge in [-0.1, -0.05) is 5.16 Å². The molecule has 1 aliphatic heterocycles. The van der Waals surface area contributed by atoms with Crippen LogP contribution in [0.4, 0.5) is 0 Å². The smallest absolute Gasteiger partial charge is 0.374 e. The summed E-state index contributed by atoms with van der Waals surface area (Å²) in [5.41, 5.74) is 1.09. The normalized spacial score (nSPS) is 13.0. The molecule has 0 fully saturated rings. The number of carbonyl (C=O) groups excluding carboxylic acids is 1. The van der Waals surface area contributed by atoms with E-state index in [2.05, 4.69) is 21.1 Å². The summed E-state index contributed by atoms with van der Waals surface area (Å²) in [6, 6.07) is 2.84.